The third-order valence-corrected chi connectivity index (χ3v) is 5.87. The highest BCUT2D eigenvalue weighted by atomic mass is 19.4. The van der Waals surface area contributed by atoms with Gasteiger partial charge in [-0.15, -0.1) is 0 Å². The van der Waals surface area contributed by atoms with Crippen LogP contribution < -0.4 is 16.1 Å². The second-order valence-corrected chi connectivity index (χ2v) is 8.49. The number of carbonyl (C=O) groups excluding carboxylic acids is 3. The summed E-state index contributed by atoms with van der Waals surface area (Å²) in [6, 6.07) is 21.4. The first-order valence-corrected chi connectivity index (χ1v) is 11.5. The summed E-state index contributed by atoms with van der Waals surface area (Å²) in [7, 11) is 0. The van der Waals surface area contributed by atoms with Gasteiger partial charge in [0.25, 0.3) is 11.8 Å². The summed E-state index contributed by atoms with van der Waals surface area (Å²) < 4.78 is 38.9. The van der Waals surface area contributed by atoms with E-state index in [0.717, 1.165) is 22.9 Å². The fraction of sp³-hybridized carbons (Fsp3) is 0.107. The smallest absolute Gasteiger partial charge is 0.340 e. The van der Waals surface area contributed by atoms with Crippen molar-refractivity contribution in [1.82, 2.24) is 10.8 Å². The average molecular weight is 521 g/mol. The molecule has 0 unspecified atom stereocenters. The molecular weight excluding hydrogens is 499 g/mol. The first-order chi connectivity index (χ1) is 18.1. The van der Waals surface area contributed by atoms with Crippen LogP contribution in [0.15, 0.2) is 91.0 Å². The molecule has 0 aliphatic rings. The number of anilines is 1. The molecule has 1 atom stereocenters. The quantitative estimate of drug-likeness (QED) is 0.204. The Morgan fingerprint density at radius 2 is 1.39 bits per heavy atom. The lowest BCUT2D eigenvalue weighted by atomic mass is 10.0. The molecule has 7 nitrogen and oxygen atoms in total. The predicted molar refractivity (Wildman–Crippen MR) is 135 cm³/mol. The van der Waals surface area contributed by atoms with Gasteiger partial charge in [-0.1, -0.05) is 42.5 Å². The highest BCUT2D eigenvalue weighted by Gasteiger charge is 2.30. The molecule has 194 valence electrons. The SMILES string of the molecule is O=C(NO)c1ccc(NC(=O)[C@H](Cc2ccc(C(F)(F)F)cc2)NC(=O)c2ccc3ccccc3c2)cc1. The molecule has 0 fully saturated rings. The van der Waals surface area contributed by atoms with Gasteiger partial charge in [-0.05, 0) is 64.9 Å². The van der Waals surface area contributed by atoms with E-state index in [4.69, 9.17) is 5.21 Å². The maximum absolute atomic E-state index is 13.2. The van der Waals surface area contributed by atoms with E-state index in [1.165, 1.54) is 41.9 Å². The molecule has 0 aliphatic carbocycles. The highest BCUT2D eigenvalue weighted by molar-refractivity contribution is 6.03. The Kier molecular flexibility index (Phi) is 7.73. The van der Waals surface area contributed by atoms with E-state index >= 15 is 0 Å². The lowest BCUT2D eigenvalue weighted by Gasteiger charge is -2.19. The average Bonchev–Trinajstić information content (AvgIpc) is 2.92. The number of rotatable bonds is 7. The number of alkyl halides is 3. The Morgan fingerprint density at radius 3 is 2.03 bits per heavy atom. The Bertz CT molecular complexity index is 1470. The van der Waals surface area contributed by atoms with E-state index in [9.17, 15) is 27.6 Å². The van der Waals surface area contributed by atoms with Crippen molar-refractivity contribution < 1.29 is 32.8 Å². The van der Waals surface area contributed by atoms with Gasteiger partial charge in [-0.2, -0.15) is 13.2 Å². The van der Waals surface area contributed by atoms with Crippen molar-refractivity contribution >= 4 is 34.2 Å². The molecule has 4 aromatic rings. The second-order valence-electron chi connectivity index (χ2n) is 8.49. The number of amides is 3. The Hall–Kier alpha value is -4.70. The van der Waals surface area contributed by atoms with Crippen LogP contribution in [-0.2, 0) is 17.4 Å². The van der Waals surface area contributed by atoms with Gasteiger partial charge >= 0.3 is 6.18 Å². The van der Waals surface area contributed by atoms with Crippen LogP contribution in [0.1, 0.15) is 31.8 Å². The Balaban J connectivity index is 1.56. The lowest BCUT2D eigenvalue weighted by molar-refractivity contribution is -0.137. The fourth-order valence-corrected chi connectivity index (χ4v) is 3.85. The van der Waals surface area contributed by atoms with Crippen LogP contribution in [0.3, 0.4) is 0 Å². The predicted octanol–water partition coefficient (Wildman–Crippen LogP) is 4.96. The van der Waals surface area contributed by atoms with Crippen molar-refractivity contribution in [3.8, 4) is 0 Å². The van der Waals surface area contributed by atoms with Crippen molar-refractivity contribution in [2.45, 2.75) is 18.6 Å². The van der Waals surface area contributed by atoms with Crippen LogP contribution in [0, 0.1) is 0 Å². The van der Waals surface area contributed by atoms with Crippen LogP contribution in [0.5, 0.6) is 0 Å². The molecule has 0 saturated heterocycles. The standard InChI is InChI=1S/C28H22F3N3O4/c29-28(30,31)22-11-5-17(6-12-22)15-24(27(37)32-23-13-9-19(10-14-23)26(36)34-38)33-25(35)21-8-7-18-3-1-2-4-20(18)16-21/h1-14,16,24,38H,15H2,(H,32,37)(H,33,35)(H,34,36)/t24-/m0/s1. The second kappa shape index (κ2) is 11.1. The lowest BCUT2D eigenvalue weighted by Crippen LogP contribution is -2.45. The molecule has 3 amide bonds. The minimum absolute atomic E-state index is 0.0751. The monoisotopic (exact) mass is 521 g/mol. The van der Waals surface area contributed by atoms with Gasteiger partial charge in [-0.25, -0.2) is 5.48 Å². The summed E-state index contributed by atoms with van der Waals surface area (Å²) in [6.07, 6.45) is -4.58. The van der Waals surface area contributed by atoms with Gasteiger partial charge in [0.2, 0.25) is 5.91 Å². The Labute approximate surface area is 215 Å². The summed E-state index contributed by atoms with van der Waals surface area (Å²) in [5.41, 5.74) is 1.86. The Morgan fingerprint density at radius 1 is 0.763 bits per heavy atom. The van der Waals surface area contributed by atoms with E-state index in [1.54, 1.807) is 18.2 Å². The highest BCUT2D eigenvalue weighted by Crippen LogP contribution is 2.29. The number of nitrogens with one attached hydrogen (secondary N) is 3. The minimum atomic E-state index is -4.50. The van der Waals surface area contributed by atoms with Crippen LogP contribution in [0.2, 0.25) is 0 Å². The molecule has 0 aliphatic heterocycles. The van der Waals surface area contributed by atoms with Gasteiger partial charge < -0.3 is 10.6 Å². The fourth-order valence-electron chi connectivity index (χ4n) is 3.85. The van der Waals surface area contributed by atoms with E-state index in [2.05, 4.69) is 10.6 Å². The van der Waals surface area contributed by atoms with Crippen LogP contribution in [-0.4, -0.2) is 29.0 Å². The summed E-state index contributed by atoms with van der Waals surface area (Å²) in [5.74, 6) is -1.87. The molecule has 0 aromatic heterocycles. The zero-order valence-corrected chi connectivity index (χ0v) is 19.8. The van der Waals surface area contributed by atoms with Crippen molar-refractivity contribution in [2.24, 2.45) is 0 Å². The number of hydrogen-bond acceptors (Lipinski definition) is 4. The van der Waals surface area contributed by atoms with Crippen molar-refractivity contribution in [2.75, 3.05) is 5.32 Å². The van der Waals surface area contributed by atoms with Crippen LogP contribution in [0.4, 0.5) is 18.9 Å². The summed E-state index contributed by atoms with van der Waals surface area (Å²) in [5, 5.41) is 15.8. The summed E-state index contributed by atoms with van der Waals surface area (Å²) in [4.78, 5) is 37.8. The largest absolute Gasteiger partial charge is 0.416 e. The zero-order valence-electron chi connectivity index (χ0n) is 19.8. The molecule has 38 heavy (non-hydrogen) atoms. The minimum Gasteiger partial charge on any atom is -0.340 e. The van der Waals surface area contributed by atoms with Crippen LogP contribution >= 0.6 is 0 Å². The zero-order chi connectivity index (χ0) is 27.3. The molecule has 4 N–H and O–H groups in total. The normalized spacial score (nSPS) is 12.0. The van der Waals surface area contributed by atoms with E-state index < -0.39 is 35.5 Å². The molecule has 0 saturated carbocycles. The number of hydroxylamine groups is 1. The molecule has 0 heterocycles. The number of halogens is 3. The topological polar surface area (TPSA) is 108 Å². The van der Waals surface area contributed by atoms with Crippen molar-refractivity contribution in [3.05, 3.63) is 113 Å². The molecular formula is C28H22F3N3O4. The van der Waals surface area contributed by atoms with E-state index in [0.29, 0.717) is 16.8 Å². The maximum atomic E-state index is 13.2. The van der Waals surface area contributed by atoms with Gasteiger partial charge in [0, 0.05) is 23.2 Å². The molecule has 0 radical (unpaired) electrons. The number of fused-ring (bicyclic) bond motifs is 1. The third kappa shape index (κ3) is 6.34. The molecule has 4 rings (SSSR count). The molecule has 0 spiro atoms. The summed E-state index contributed by atoms with van der Waals surface area (Å²) in [6.45, 7) is 0. The number of benzene rings is 4. The number of carbonyl (C=O) groups is 3. The van der Waals surface area contributed by atoms with E-state index in [1.807, 2.05) is 24.3 Å². The van der Waals surface area contributed by atoms with Gasteiger partial charge in [-0.3, -0.25) is 19.6 Å². The van der Waals surface area contributed by atoms with Gasteiger partial charge in [0.15, 0.2) is 0 Å². The van der Waals surface area contributed by atoms with Gasteiger partial charge in [0.05, 0.1) is 5.56 Å². The maximum Gasteiger partial charge on any atom is 0.416 e. The van der Waals surface area contributed by atoms with Gasteiger partial charge in [0.1, 0.15) is 6.04 Å². The summed E-state index contributed by atoms with van der Waals surface area (Å²) >= 11 is 0. The molecule has 10 heteroatoms. The van der Waals surface area contributed by atoms with Crippen molar-refractivity contribution in [1.29, 1.82) is 0 Å². The van der Waals surface area contributed by atoms with Crippen LogP contribution in [0.25, 0.3) is 10.8 Å². The third-order valence-electron chi connectivity index (χ3n) is 5.87. The first-order valence-electron chi connectivity index (χ1n) is 11.5. The van der Waals surface area contributed by atoms with E-state index in [-0.39, 0.29) is 12.0 Å². The van der Waals surface area contributed by atoms with Crippen molar-refractivity contribution in [3.63, 3.8) is 0 Å². The molecule has 0 bridgehead atoms. The number of hydrogen-bond donors (Lipinski definition) is 4. The molecule has 4 aromatic carbocycles. The first kappa shape index (κ1) is 26.4.